The molecule has 3 amide bonds. The maximum absolute atomic E-state index is 13.5. The van der Waals surface area contributed by atoms with Gasteiger partial charge in [0.25, 0.3) is 0 Å². The first-order valence-electron chi connectivity index (χ1n) is 7.45. The second kappa shape index (κ2) is 8.21. The van der Waals surface area contributed by atoms with Crippen molar-refractivity contribution in [3.63, 3.8) is 0 Å². The van der Waals surface area contributed by atoms with Gasteiger partial charge in [-0.25, -0.2) is 9.18 Å². The van der Waals surface area contributed by atoms with Gasteiger partial charge in [-0.15, -0.1) is 5.10 Å². The lowest BCUT2D eigenvalue weighted by Gasteiger charge is -2.07. The predicted molar refractivity (Wildman–Crippen MR) is 93.4 cm³/mol. The maximum Gasteiger partial charge on any atom is 0.325 e. The van der Waals surface area contributed by atoms with Crippen molar-refractivity contribution in [2.24, 2.45) is 0 Å². The molecule has 132 valence electrons. The van der Waals surface area contributed by atoms with Crippen LogP contribution in [0, 0.1) is 5.82 Å². The van der Waals surface area contributed by atoms with Crippen molar-refractivity contribution in [3.8, 4) is 5.69 Å². The second-order valence-corrected chi connectivity index (χ2v) is 5.92. The number of thioether (sulfide) groups is 1. The highest BCUT2D eigenvalue weighted by Crippen LogP contribution is 2.17. The number of carbonyl (C=O) groups excluding carboxylic acids is 2. The lowest BCUT2D eigenvalue weighted by molar-refractivity contribution is -0.117. The van der Waals surface area contributed by atoms with E-state index in [0.717, 1.165) is 17.4 Å². The first-order valence-corrected chi connectivity index (χ1v) is 8.44. The summed E-state index contributed by atoms with van der Waals surface area (Å²) in [5.74, 6) is -1.24. The lowest BCUT2D eigenvalue weighted by Crippen LogP contribution is -2.35. The SMILES string of the molecule is O=C(CSc1nnnn1-c1ccccc1)NC(=O)Nc1ccccc1F. The zero-order valence-electron chi connectivity index (χ0n) is 13.3. The van der Waals surface area contributed by atoms with Crippen molar-refractivity contribution in [1.29, 1.82) is 0 Å². The molecule has 0 aliphatic heterocycles. The Bertz CT molecular complexity index is 918. The quantitative estimate of drug-likeness (QED) is 0.666. The summed E-state index contributed by atoms with van der Waals surface area (Å²) in [5, 5.41) is 16.1. The van der Waals surface area contributed by atoms with Gasteiger partial charge in [-0.2, -0.15) is 4.68 Å². The number of anilines is 1. The van der Waals surface area contributed by atoms with Crippen LogP contribution in [-0.4, -0.2) is 37.9 Å². The molecule has 8 nitrogen and oxygen atoms in total. The van der Waals surface area contributed by atoms with Gasteiger partial charge in [0.05, 0.1) is 17.1 Å². The number of amides is 3. The second-order valence-electron chi connectivity index (χ2n) is 4.98. The van der Waals surface area contributed by atoms with Crippen LogP contribution in [0.1, 0.15) is 0 Å². The predicted octanol–water partition coefficient (Wildman–Crippen LogP) is 2.24. The van der Waals surface area contributed by atoms with Gasteiger partial charge < -0.3 is 5.32 Å². The number of nitrogens with zero attached hydrogens (tertiary/aromatic N) is 4. The molecule has 0 fully saturated rings. The lowest BCUT2D eigenvalue weighted by atomic mass is 10.3. The number of aromatic nitrogens is 4. The number of tetrazole rings is 1. The molecule has 10 heteroatoms. The minimum Gasteiger partial charge on any atom is -0.305 e. The number of nitrogens with one attached hydrogen (secondary N) is 2. The van der Waals surface area contributed by atoms with Crippen molar-refractivity contribution in [3.05, 3.63) is 60.4 Å². The topological polar surface area (TPSA) is 102 Å². The van der Waals surface area contributed by atoms with Crippen molar-refractivity contribution in [2.45, 2.75) is 5.16 Å². The van der Waals surface area contributed by atoms with Crippen LogP contribution in [0.5, 0.6) is 0 Å². The van der Waals surface area contributed by atoms with E-state index in [1.165, 1.54) is 22.9 Å². The average molecular weight is 372 g/mol. The molecule has 0 saturated heterocycles. The third kappa shape index (κ3) is 4.42. The number of halogens is 1. The molecule has 3 aromatic rings. The molecule has 3 rings (SSSR count). The van der Waals surface area contributed by atoms with Crippen LogP contribution in [0.3, 0.4) is 0 Å². The van der Waals surface area contributed by atoms with Crippen LogP contribution < -0.4 is 10.6 Å². The van der Waals surface area contributed by atoms with E-state index in [1.807, 2.05) is 30.3 Å². The van der Waals surface area contributed by atoms with Gasteiger partial charge in [-0.3, -0.25) is 10.1 Å². The Morgan fingerprint density at radius 3 is 2.58 bits per heavy atom. The van der Waals surface area contributed by atoms with Gasteiger partial charge in [0.2, 0.25) is 11.1 Å². The highest BCUT2D eigenvalue weighted by atomic mass is 32.2. The largest absolute Gasteiger partial charge is 0.325 e. The Balaban J connectivity index is 1.54. The molecule has 0 bridgehead atoms. The molecular formula is C16H13FN6O2S. The van der Waals surface area contributed by atoms with Crippen LogP contribution in [-0.2, 0) is 4.79 Å². The molecule has 0 spiro atoms. The van der Waals surface area contributed by atoms with Crippen LogP contribution >= 0.6 is 11.8 Å². The minimum absolute atomic E-state index is 0.0153. The van der Waals surface area contributed by atoms with E-state index in [-0.39, 0.29) is 11.4 Å². The minimum atomic E-state index is -0.816. The fraction of sp³-hybridized carbons (Fsp3) is 0.0625. The highest BCUT2D eigenvalue weighted by molar-refractivity contribution is 7.99. The molecule has 1 aromatic heterocycles. The van der Waals surface area contributed by atoms with Crippen LogP contribution in [0.15, 0.2) is 59.8 Å². The Hall–Kier alpha value is -3.27. The van der Waals surface area contributed by atoms with E-state index in [2.05, 4.69) is 26.2 Å². The van der Waals surface area contributed by atoms with Crippen LogP contribution in [0.25, 0.3) is 5.69 Å². The summed E-state index contributed by atoms with van der Waals surface area (Å²) in [6.07, 6.45) is 0. The van der Waals surface area contributed by atoms with Gasteiger partial charge in [-0.05, 0) is 34.7 Å². The summed E-state index contributed by atoms with van der Waals surface area (Å²) < 4.78 is 15.0. The smallest absolute Gasteiger partial charge is 0.305 e. The van der Waals surface area contributed by atoms with E-state index in [9.17, 15) is 14.0 Å². The summed E-state index contributed by atoms with van der Waals surface area (Å²) in [4.78, 5) is 23.7. The summed E-state index contributed by atoms with van der Waals surface area (Å²) in [5.41, 5.74) is 0.733. The van der Waals surface area contributed by atoms with Crippen LogP contribution in [0.2, 0.25) is 0 Å². The van der Waals surface area contributed by atoms with Gasteiger partial charge in [0.15, 0.2) is 0 Å². The summed E-state index contributed by atoms with van der Waals surface area (Å²) in [6.45, 7) is 0. The van der Waals surface area contributed by atoms with Crippen molar-refractivity contribution >= 4 is 29.4 Å². The van der Waals surface area contributed by atoms with Gasteiger partial charge in [0, 0.05) is 0 Å². The number of imide groups is 1. The van der Waals surface area contributed by atoms with Crippen molar-refractivity contribution in [2.75, 3.05) is 11.1 Å². The fourth-order valence-electron chi connectivity index (χ4n) is 2.01. The van der Waals surface area contributed by atoms with Gasteiger partial charge in [0.1, 0.15) is 5.82 Å². The first kappa shape index (κ1) is 17.5. The number of hydrogen-bond donors (Lipinski definition) is 2. The summed E-state index contributed by atoms with van der Waals surface area (Å²) in [6, 6.07) is 14.0. The standard InChI is InChI=1S/C16H13FN6O2S/c17-12-8-4-5-9-13(12)18-15(25)19-14(24)10-26-16-20-21-22-23(16)11-6-2-1-3-7-11/h1-9H,10H2,(H2,18,19,24,25). The molecule has 0 aliphatic carbocycles. The van der Waals surface area contributed by atoms with Gasteiger partial charge in [-0.1, -0.05) is 42.1 Å². The Kier molecular flexibility index (Phi) is 5.54. The average Bonchev–Trinajstić information content (AvgIpc) is 3.11. The van der Waals surface area contributed by atoms with E-state index in [4.69, 9.17) is 0 Å². The number of urea groups is 1. The van der Waals surface area contributed by atoms with E-state index >= 15 is 0 Å². The van der Waals surface area contributed by atoms with Crippen molar-refractivity contribution < 1.29 is 14.0 Å². The molecule has 2 aromatic carbocycles. The number of benzene rings is 2. The Morgan fingerprint density at radius 1 is 1.08 bits per heavy atom. The summed E-state index contributed by atoms with van der Waals surface area (Å²) in [7, 11) is 0. The molecule has 0 aliphatic rings. The normalized spacial score (nSPS) is 10.3. The van der Waals surface area contributed by atoms with Crippen LogP contribution in [0.4, 0.5) is 14.9 Å². The molecule has 1 heterocycles. The zero-order valence-corrected chi connectivity index (χ0v) is 14.1. The van der Waals surface area contributed by atoms with Crippen molar-refractivity contribution in [1.82, 2.24) is 25.5 Å². The third-order valence-corrected chi connectivity index (χ3v) is 4.07. The number of rotatable bonds is 5. The van der Waals surface area contributed by atoms with E-state index < -0.39 is 17.8 Å². The molecule has 0 radical (unpaired) electrons. The number of para-hydroxylation sites is 2. The molecule has 2 N–H and O–H groups in total. The van der Waals surface area contributed by atoms with Gasteiger partial charge >= 0.3 is 6.03 Å². The number of hydrogen-bond acceptors (Lipinski definition) is 6. The summed E-state index contributed by atoms with van der Waals surface area (Å²) >= 11 is 1.07. The molecule has 26 heavy (non-hydrogen) atoms. The molecule has 0 saturated carbocycles. The Labute approximate surface area is 151 Å². The molecular weight excluding hydrogens is 359 g/mol. The van der Waals surface area contributed by atoms with E-state index in [1.54, 1.807) is 6.07 Å². The molecule has 0 unspecified atom stereocenters. The fourth-order valence-corrected chi connectivity index (χ4v) is 2.70. The zero-order chi connectivity index (χ0) is 18.4. The third-order valence-electron chi connectivity index (χ3n) is 3.15. The Morgan fingerprint density at radius 2 is 1.81 bits per heavy atom. The first-order chi connectivity index (χ1) is 12.6. The maximum atomic E-state index is 13.5. The number of carbonyl (C=O) groups is 2. The molecule has 0 atom stereocenters. The monoisotopic (exact) mass is 372 g/mol. The highest BCUT2D eigenvalue weighted by Gasteiger charge is 2.14. The van der Waals surface area contributed by atoms with E-state index in [0.29, 0.717) is 5.16 Å².